The van der Waals surface area contributed by atoms with Crippen LogP contribution in [0.25, 0.3) is 10.9 Å². The Kier molecular flexibility index (Phi) is 4.25. The number of hydrogen-bond acceptors (Lipinski definition) is 4. The van der Waals surface area contributed by atoms with E-state index in [1.54, 1.807) is 11.3 Å². The third kappa shape index (κ3) is 3.07. The number of piperidine rings is 1. The first-order chi connectivity index (χ1) is 13.2. The summed E-state index contributed by atoms with van der Waals surface area (Å²) in [5.41, 5.74) is 5.00. The van der Waals surface area contributed by atoms with Crippen LogP contribution in [-0.4, -0.2) is 50.9 Å². The number of carbonyl (C=O) groups is 1. The van der Waals surface area contributed by atoms with Gasteiger partial charge < -0.3 is 9.47 Å². The third-order valence-corrected chi connectivity index (χ3v) is 6.68. The summed E-state index contributed by atoms with van der Waals surface area (Å²) >= 11 is 1.65. The average molecular weight is 381 g/mol. The second-order valence-electron chi connectivity index (χ2n) is 7.90. The zero-order chi connectivity index (χ0) is 18.4. The highest BCUT2D eigenvalue weighted by atomic mass is 32.1. The van der Waals surface area contributed by atoms with Gasteiger partial charge in [0.15, 0.2) is 0 Å². The van der Waals surface area contributed by atoms with E-state index in [9.17, 15) is 4.79 Å². The summed E-state index contributed by atoms with van der Waals surface area (Å²) in [4.78, 5) is 22.6. The predicted octanol–water partition coefficient (Wildman–Crippen LogP) is 3.37. The highest BCUT2D eigenvalue weighted by molar-refractivity contribution is 7.07. The van der Waals surface area contributed by atoms with Crippen molar-refractivity contribution >= 4 is 28.1 Å². The molecule has 3 fully saturated rings. The highest BCUT2D eigenvalue weighted by Crippen LogP contribution is 2.31. The van der Waals surface area contributed by atoms with E-state index in [0.29, 0.717) is 12.0 Å². The molecule has 1 aromatic carbocycles. The van der Waals surface area contributed by atoms with Crippen LogP contribution in [0.4, 0.5) is 0 Å². The Morgan fingerprint density at radius 1 is 1.22 bits per heavy atom. The van der Waals surface area contributed by atoms with Crippen molar-refractivity contribution < 1.29 is 4.79 Å². The summed E-state index contributed by atoms with van der Waals surface area (Å²) in [6.45, 7) is 3.78. The van der Waals surface area contributed by atoms with Crippen molar-refractivity contribution in [1.29, 1.82) is 0 Å². The lowest BCUT2D eigenvalue weighted by molar-refractivity contribution is 0.0586. The zero-order valence-electron chi connectivity index (χ0n) is 15.5. The van der Waals surface area contributed by atoms with Crippen molar-refractivity contribution in [2.45, 2.75) is 25.4 Å². The number of hydrogen-bond donors (Lipinski definition) is 0. The van der Waals surface area contributed by atoms with Crippen LogP contribution in [0.2, 0.25) is 0 Å². The predicted molar refractivity (Wildman–Crippen MR) is 108 cm³/mol. The molecule has 3 saturated heterocycles. The van der Waals surface area contributed by atoms with Gasteiger partial charge in [-0.25, -0.2) is 4.98 Å². The van der Waals surface area contributed by atoms with Gasteiger partial charge in [-0.1, -0.05) is 18.2 Å². The lowest BCUT2D eigenvalue weighted by atomic mass is 9.94. The van der Waals surface area contributed by atoms with Crippen molar-refractivity contribution in [1.82, 2.24) is 19.4 Å². The van der Waals surface area contributed by atoms with Crippen molar-refractivity contribution in [3.63, 3.8) is 0 Å². The summed E-state index contributed by atoms with van der Waals surface area (Å²) in [5, 5.41) is 3.19. The summed E-state index contributed by atoms with van der Waals surface area (Å²) in [7, 11) is 2.02. The van der Waals surface area contributed by atoms with Crippen LogP contribution in [0.1, 0.15) is 28.9 Å². The molecule has 5 heterocycles. The molecule has 2 bridgehead atoms. The van der Waals surface area contributed by atoms with Gasteiger partial charge in [0.05, 0.1) is 16.8 Å². The number of benzene rings is 1. The van der Waals surface area contributed by atoms with Gasteiger partial charge in [-0.15, -0.1) is 11.3 Å². The first kappa shape index (κ1) is 17.0. The molecular weight excluding hydrogens is 356 g/mol. The normalized spacial score (nSPS) is 23.1. The maximum atomic E-state index is 13.5. The van der Waals surface area contributed by atoms with Crippen LogP contribution in [-0.2, 0) is 13.6 Å². The van der Waals surface area contributed by atoms with Crippen molar-refractivity contribution in [3.8, 4) is 0 Å². The highest BCUT2D eigenvalue weighted by Gasteiger charge is 2.38. The molecule has 0 radical (unpaired) electrons. The van der Waals surface area contributed by atoms with E-state index >= 15 is 0 Å². The van der Waals surface area contributed by atoms with Gasteiger partial charge in [-0.2, -0.15) is 0 Å². The molecule has 27 heavy (non-hydrogen) atoms. The molecule has 0 saturated carbocycles. The standard InChI is InChI=1S/C21H24N4OS/c1-23-12-19(18-4-2-3-5-20(18)23)21(26)25-9-15-6-7-17(25)11-24(8-15)10-16-13-27-14-22-16/h2-5,12-15,17H,6-11H2,1H3/t15-,17+/m0/s1. The molecule has 3 aliphatic heterocycles. The molecule has 6 rings (SSSR count). The smallest absolute Gasteiger partial charge is 0.256 e. The van der Waals surface area contributed by atoms with Crippen molar-refractivity contribution in [2.24, 2.45) is 13.0 Å². The SMILES string of the molecule is Cn1cc(C(=O)N2C[C@H]3CC[C@@H]2CN(Cc2cscn2)C3)c2ccccc21. The molecule has 1 amide bonds. The van der Waals surface area contributed by atoms with Gasteiger partial charge in [-0.05, 0) is 24.8 Å². The number of para-hydroxylation sites is 1. The van der Waals surface area contributed by atoms with Gasteiger partial charge in [0.1, 0.15) is 0 Å². The van der Waals surface area contributed by atoms with E-state index in [1.165, 1.54) is 6.42 Å². The fourth-order valence-corrected chi connectivity index (χ4v) is 5.32. The molecule has 2 aromatic heterocycles. The summed E-state index contributed by atoms with van der Waals surface area (Å²) in [5.74, 6) is 0.748. The summed E-state index contributed by atoms with van der Waals surface area (Å²) in [6, 6.07) is 8.49. The maximum absolute atomic E-state index is 13.5. The number of aryl methyl sites for hydroxylation is 1. The molecule has 140 valence electrons. The van der Waals surface area contributed by atoms with Crippen LogP contribution in [0.15, 0.2) is 41.4 Å². The van der Waals surface area contributed by atoms with E-state index in [1.807, 2.05) is 30.9 Å². The van der Waals surface area contributed by atoms with Crippen molar-refractivity contribution in [3.05, 3.63) is 52.6 Å². The number of rotatable bonds is 3. The Morgan fingerprint density at radius 3 is 2.96 bits per heavy atom. The number of amides is 1. The number of thiazole rings is 1. The molecular formula is C21H24N4OS. The van der Waals surface area contributed by atoms with Gasteiger partial charge in [0.2, 0.25) is 0 Å². The third-order valence-electron chi connectivity index (χ3n) is 6.05. The van der Waals surface area contributed by atoms with Crippen LogP contribution < -0.4 is 0 Å². The van der Waals surface area contributed by atoms with Crippen LogP contribution in [0.3, 0.4) is 0 Å². The maximum Gasteiger partial charge on any atom is 0.256 e. The second-order valence-corrected chi connectivity index (χ2v) is 8.62. The van der Waals surface area contributed by atoms with Crippen molar-refractivity contribution in [2.75, 3.05) is 19.6 Å². The number of aromatic nitrogens is 2. The van der Waals surface area contributed by atoms with E-state index in [0.717, 1.165) is 54.8 Å². The summed E-state index contributed by atoms with van der Waals surface area (Å²) < 4.78 is 2.06. The monoisotopic (exact) mass is 380 g/mol. The largest absolute Gasteiger partial charge is 0.350 e. The van der Waals surface area contributed by atoms with Crippen LogP contribution in [0.5, 0.6) is 0 Å². The molecule has 5 nitrogen and oxygen atoms in total. The van der Waals surface area contributed by atoms with E-state index < -0.39 is 0 Å². The first-order valence-corrected chi connectivity index (χ1v) is 10.6. The fourth-order valence-electron chi connectivity index (χ4n) is 4.77. The Bertz CT molecular complexity index is 964. The lowest BCUT2D eigenvalue weighted by Gasteiger charge is -2.36. The Balaban J connectivity index is 1.41. The molecule has 0 spiro atoms. The Hall–Kier alpha value is -2.18. The molecule has 3 aliphatic rings. The van der Waals surface area contributed by atoms with Gasteiger partial charge >= 0.3 is 0 Å². The fraction of sp³-hybridized carbons (Fsp3) is 0.429. The number of carbonyl (C=O) groups excluding carboxylic acids is 1. The molecule has 0 unspecified atom stereocenters. The van der Waals surface area contributed by atoms with E-state index in [-0.39, 0.29) is 5.91 Å². The lowest BCUT2D eigenvalue weighted by Crippen LogP contribution is -2.47. The Morgan fingerprint density at radius 2 is 2.11 bits per heavy atom. The molecule has 0 aliphatic carbocycles. The quantitative estimate of drug-likeness (QED) is 0.700. The summed E-state index contributed by atoms with van der Waals surface area (Å²) in [6.07, 6.45) is 4.32. The van der Waals surface area contributed by atoms with Crippen LogP contribution >= 0.6 is 11.3 Å². The molecule has 6 heteroatoms. The average Bonchev–Trinajstić information content (AvgIpc) is 3.20. The molecule has 2 atom stereocenters. The molecule has 3 aromatic rings. The molecule has 0 N–H and O–H groups in total. The second kappa shape index (κ2) is 6.77. The van der Waals surface area contributed by atoms with E-state index in [4.69, 9.17) is 0 Å². The first-order valence-electron chi connectivity index (χ1n) is 9.63. The minimum Gasteiger partial charge on any atom is -0.350 e. The minimum absolute atomic E-state index is 0.192. The Labute approximate surface area is 163 Å². The number of nitrogens with zero attached hydrogens (tertiary/aromatic N) is 4. The minimum atomic E-state index is 0.192. The van der Waals surface area contributed by atoms with E-state index in [2.05, 4.69) is 36.9 Å². The van der Waals surface area contributed by atoms with Crippen LogP contribution in [0, 0.1) is 5.92 Å². The van der Waals surface area contributed by atoms with Gasteiger partial charge in [0, 0.05) is 61.7 Å². The topological polar surface area (TPSA) is 41.4 Å². The van der Waals surface area contributed by atoms with Gasteiger partial charge in [-0.3, -0.25) is 9.69 Å². The van der Waals surface area contributed by atoms with Gasteiger partial charge in [0.25, 0.3) is 5.91 Å². The number of fused-ring (bicyclic) bond motifs is 5. The zero-order valence-corrected chi connectivity index (χ0v) is 16.4.